The van der Waals surface area contributed by atoms with E-state index in [1.54, 1.807) is 0 Å². The van der Waals surface area contributed by atoms with Crippen LogP contribution in [0.2, 0.25) is 0 Å². The molecule has 0 bridgehead atoms. The molecule has 62 valence electrons. The fraction of sp³-hybridized carbons (Fsp3) is 0.778. The second-order valence-electron chi connectivity index (χ2n) is 3.98. The zero-order valence-electron chi connectivity index (χ0n) is 7.54. The Morgan fingerprint density at radius 2 is 1.73 bits per heavy atom. The van der Waals surface area contributed by atoms with Crippen molar-refractivity contribution in [3.63, 3.8) is 0 Å². The second kappa shape index (κ2) is 3.16. The Balaban J connectivity index is 2.36. The molecule has 0 aliphatic heterocycles. The fourth-order valence-electron chi connectivity index (χ4n) is 0.952. The summed E-state index contributed by atoms with van der Waals surface area (Å²) in [6.45, 7) is 6.20. The van der Waals surface area contributed by atoms with Gasteiger partial charge in [-0.1, -0.05) is 12.2 Å². The van der Waals surface area contributed by atoms with Crippen LogP contribution in [0.3, 0.4) is 0 Å². The van der Waals surface area contributed by atoms with Gasteiger partial charge in [0.1, 0.15) is 0 Å². The summed E-state index contributed by atoms with van der Waals surface area (Å²) in [5.41, 5.74) is -0.0113. The van der Waals surface area contributed by atoms with Crippen molar-refractivity contribution in [2.45, 2.75) is 45.2 Å². The molecule has 0 unspecified atom stereocenters. The van der Waals surface area contributed by atoms with E-state index in [2.05, 4.69) is 43.2 Å². The topological polar surface area (TPSA) is 24.7 Å². The molecule has 0 N–H and O–H groups in total. The van der Waals surface area contributed by atoms with E-state index in [1.165, 1.54) is 0 Å². The molecular weight excluding hydrogens is 136 g/mol. The van der Waals surface area contributed by atoms with Crippen LogP contribution >= 0.6 is 0 Å². The minimum atomic E-state index is -0.0113. The van der Waals surface area contributed by atoms with Crippen molar-refractivity contribution in [1.82, 2.24) is 0 Å². The first-order chi connectivity index (χ1) is 5.08. The predicted molar refractivity (Wildman–Crippen MR) is 46.8 cm³/mol. The van der Waals surface area contributed by atoms with Crippen molar-refractivity contribution in [2.75, 3.05) is 0 Å². The lowest BCUT2D eigenvalue weighted by Crippen LogP contribution is -2.09. The van der Waals surface area contributed by atoms with Crippen LogP contribution in [0.15, 0.2) is 22.4 Å². The highest BCUT2D eigenvalue weighted by Crippen LogP contribution is 2.16. The molecule has 0 radical (unpaired) electrons. The van der Waals surface area contributed by atoms with Crippen LogP contribution in [0.5, 0.6) is 0 Å². The van der Waals surface area contributed by atoms with Crippen molar-refractivity contribution in [1.29, 1.82) is 0 Å². The average molecular weight is 152 g/mol. The zero-order chi connectivity index (χ0) is 8.32. The minimum Gasteiger partial charge on any atom is -0.190 e. The molecule has 0 heterocycles. The monoisotopic (exact) mass is 152 g/mol. The lowest BCUT2D eigenvalue weighted by Gasteiger charge is -2.10. The highest BCUT2D eigenvalue weighted by Gasteiger charge is 2.11. The van der Waals surface area contributed by atoms with E-state index < -0.39 is 0 Å². The van der Waals surface area contributed by atoms with Gasteiger partial charge < -0.3 is 0 Å². The van der Waals surface area contributed by atoms with Gasteiger partial charge in [0.15, 0.2) is 0 Å². The molecule has 0 amide bonds. The van der Waals surface area contributed by atoms with Gasteiger partial charge in [0.2, 0.25) is 0 Å². The molecule has 2 nitrogen and oxygen atoms in total. The van der Waals surface area contributed by atoms with Gasteiger partial charge in [-0.2, -0.15) is 10.2 Å². The summed E-state index contributed by atoms with van der Waals surface area (Å²) in [6.07, 6.45) is 6.48. The molecule has 1 aliphatic rings. The third kappa shape index (κ3) is 3.30. The first-order valence-electron chi connectivity index (χ1n) is 4.15. The summed E-state index contributed by atoms with van der Waals surface area (Å²) in [5, 5.41) is 8.48. The first kappa shape index (κ1) is 8.44. The highest BCUT2D eigenvalue weighted by atomic mass is 15.2. The molecule has 2 heteroatoms. The molecule has 0 aromatic carbocycles. The van der Waals surface area contributed by atoms with Gasteiger partial charge in [-0.15, -0.1) is 0 Å². The van der Waals surface area contributed by atoms with Crippen molar-refractivity contribution in [3.8, 4) is 0 Å². The normalized spacial score (nSPS) is 20.3. The van der Waals surface area contributed by atoms with Crippen LogP contribution < -0.4 is 0 Å². The van der Waals surface area contributed by atoms with E-state index in [4.69, 9.17) is 0 Å². The Labute approximate surface area is 68.4 Å². The van der Waals surface area contributed by atoms with Crippen LogP contribution in [-0.4, -0.2) is 11.6 Å². The van der Waals surface area contributed by atoms with Gasteiger partial charge in [0.25, 0.3) is 0 Å². The molecule has 0 aromatic rings. The Morgan fingerprint density at radius 1 is 1.18 bits per heavy atom. The van der Waals surface area contributed by atoms with Gasteiger partial charge in [-0.3, -0.25) is 0 Å². The number of azo groups is 1. The summed E-state index contributed by atoms with van der Waals surface area (Å²) >= 11 is 0. The lowest BCUT2D eigenvalue weighted by molar-refractivity contribution is 0.513. The molecule has 11 heavy (non-hydrogen) atoms. The molecule has 1 aliphatic carbocycles. The number of rotatable bonds is 1. The summed E-state index contributed by atoms with van der Waals surface area (Å²) < 4.78 is 0. The molecule has 0 fully saturated rings. The molecule has 1 rings (SSSR count). The Hall–Kier alpha value is -0.660. The van der Waals surface area contributed by atoms with Crippen LogP contribution in [0.1, 0.15) is 33.6 Å². The van der Waals surface area contributed by atoms with Crippen molar-refractivity contribution in [2.24, 2.45) is 10.2 Å². The van der Waals surface area contributed by atoms with E-state index in [1.807, 2.05) is 0 Å². The fourth-order valence-corrected chi connectivity index (χ4v) is 0.952. The Morgan fingerprint density at radius 3 is 2.18 bits per heavy atom. The van der Waals surface area contributed by atoms with Crippen molar-refractivity contribution in [3.05, 3.63) is 12.2 Å². The van der Waals surface area contributed by atoms with E-state index >= 15 is 0 Å². The molecule has 0 spiro atoms. The van der Waals surface area contributed by atoms with Gasteiger partial charge in [-0.05, 0) is 33.6 Å². The van der Waals surface area contributed by atoms with Crippen molar-refractivity contribution >= 4 is 0 Å². The maximum Gasteiger partial charge on any atom is 0.0777 e. The second-order valence-corrected chi connectivity index (χ2v) is 3.98. The molecule has 0 aromatic heterocycles. The standard InChI is InChI=1S/C9H16N2/c1-9(2,3)11-10-8-6-4-5-7-8/h4-5,8H,6-7H2,1-3H3. The van der Waals surface area contributed by atoms with E-state index in [9.17, 15) is 0 Å². The Bertz CT molecular complexity index is 166. The van der Waals surface area contributed by atoms with Gasteiger partial charge in [-0.25, -0.2) is 0 Å². The predicted octanol–water partition coefficient (Wildman–Crippen LogP) is 2.96. The van der Waals surface area contributed by atoms with Crippen LogP contribution in [0, 0.1) is 0 Å². The summed E-state index contributed by atoms with van der Waals surface area (Å²) in [4.78, 5) is 0. The quantitative estimate of drug-likeness (QED) is 0.407. The zero-order valence-corrected chi connectivity index (χ0v) is 7.54. The first-order valence-corrected chi connectivity index (χ1v) is 4.15. The third-order valence-electron chi connectivity index (χ3n) is 1.50. The SMILES string of the molecule is CC(C)(C)N=NC1CC=CC1. The van der Waals surface area contributed by atoms with Crippen molar-refractivity contribution < 1.29 is 0 Å². The highest BCUT2D eigenvalue weighted by molar-refractivity contribution is 4.97. The van der Waals surface area contributed by atoms with E-state index in [0.29, 0.717) is 6.04 Å². The number of nitrogens with zero attached hydrogens (tertiary/aromatic N) is 2. The molecule has 0 saturated carbocycles. The van der Waals surface area contributed by atoms with Crippen LogP contribution in [0.4, 0.5) is 0 Å². The smallest absolute Gasteiger partial charge is 0.0777 e. The van der Waals surface area contributed by atoms with Gasteiger partial charge in [0, 0.05) is 0 Å². The number of hydrogen-bond acceptors (Lipinski definition) is 2. The molecule has 0 saturated heterocycles. The van der Waals surface area contributed by atoms with Crippen LogP contribution in [-0.2, 0) is 0 Å². The van der Waals surface area contributed by atoms with Gasteiger partial charge >= 0.3 is 0 Å². The molecule has 0 atom stereocenters. The number of hydrogen-bond donors (Lipinski definition) is 0. The minimum absolute atomic E-state index is 0.0113. The van der Waals surface area contributed by atoms with Gasteiger partial charge in [0.05, 0.1) is 11.6 Å². The van der Waals surface area contributed by atoms with E-state index in [-0.39, 0.29) is 5.54 Å². The summed E-state index contributed by atoms with van der Waals surface area (Å²) in [6, 6.07) is 0.425. The Kier molecular flexibility index (Phi) is 2.42. The maximum atomic E-state index is 4.26. The summed E-state index contributed by atoms with van der Waals surface area (Å²) in [7, 11) is 0. The van der Waals surface area contributed by atoms with Crippen LogP contribution in [0.25, 0.3) is 0 Å². The lowest BCUT2D eigenvalue weighted by atomic mass is 10.1. The van der Waals surface area contributed by atoms with E-state index in [0.717, 1.165) is 12.8 Å². The summed E-state index contributed by atoms with van der Waals surface area (Å²) in [5.74, 6) is 0. The molecular formula is C9H16N2. The average Bonchev–Trinajstić information content (AvgIpc) is 2.32. The largest absolute Gasteiger partial charge is 0.190 e. The maximum absolute atomic E-state index is 4.26. The third-order valence-corrected chi connectivity index (χ3v) is 1.50.